The zero-order valence-corrected chi connectivity index (χ0v) is 42.3. The second-order valence-electron chi connectivity index (χ2n) is 20.2. The van der Waals surface area contributed by atoms with Crippen molar-refractivity contribution in [1.29, 1.82) is 0 Å². The van der Waals surface area contributed by atoms with Crippen molar-refractivity contribution in [1.82, 2.24) is 0 Å². The number of hydrogen-bond donors (Lipinski definition) is 3. The maximum atomic E-state index is 11.1. The Morgan fingerprint density at radius 1 is 0.389 bits per heavy atom. The molecule has 382 valence electrons. The smallest absolute Gasteiger partial charge is 0.125 e. The van der Waals surface area contributed by atoms with Crippen molar-refractivity contribution in [3.05, 3.63) is 179 Å². The third kappa shape index (κ3) is 14.3. The summed E-state index contributed by atoms with van der Waals surface area (Å²) in [6.45, 7) is 15.8. The Morgan fingerprint density at radius 3 is 0.903 bits per heavy atom. The Bertz CT molecular complexity index is 2570. The summed E-state index contributed by atoms with van der Waals surface area (Å²) >= 11 is 0. The maximum Gasteiger partial charge on any atom is 0.125 e. The van der Waals surface area contributed by atoms with Crippen LogP contribution in [0.3, 0.4) is 0 Å². The molecule has 2 aliphatic heterocycles. The molecule has 0 bridgehead atoms. The first-order chi connectivity index (χ1) is 34.6. The summed E-state index contributed by atoms with van der Waals surface area (Å²) in [6, 6.07) is 48.2. The van der Waals surface area contributed by atoms with Gasteiger partial charge in [-0.2, -0.15) is 0 Å². The fourth-order valence-corrected chi connectivity index (χ4v) is 8.27. The number of rotatable bonds is 28. The largest absolute Gasteiger partial charge is 0.491 e. The molecule has 0 aromatic heterocycles. The second-order valence-corrected chi connectivity index (χ2v) is 20.2. The molecule has 0 spiro atoms. The van der Waals surface area contributed by atoms with Crippen molar-refractivity contribution in [3.63, 3.8) is 0 Å². The van der Waals surface area contributed by atoms with Gasteiger partial charge in [-0.1, -0.05) is 114 Å². The molecule has 0 amide bonds. The lowest BCUT2D eigenvalue weighted by Crippen LogP contribution is -2.33. The van der Waals surface area contributed by atoms with Crippen molar-refractivity contribution in [2.75, 3.05) is 66.1 Å². The van der Waals surface area contributed by atoms with Crippen molar-refractivity contribution >= 4 is 0 Å². The monoisotopic (exact) mass is 982 g/mol. The molecule has 2 fully saturated rings. The number of ether oxygens (including phenoxy) is 9. The van der Waals surface area contributed by atoms with E-state index in [1.165, 1.54) is 0 Å². The van der Waals surface area contributed by atoms with Gasteiger partial charge in [0.25, 0.3) is 0 Å². The van der Waals surface area contributed by atoms with Gasteiger partial charge in [0.05, 0.1) is 26.4 Å². The fraction of sp³-hybridized carbons (Fsp3) is 0.400. The molecular formula is C60H70O12. The van der Waals surface area contributed by atoms with Crippen LogP contribution in [0.5, 0.6) is 34.5 Å². The van der Waals surface area contributed by atoms with Gasteiger partial charge in [-0.25, -0.2) is 0 Å². The van der Waals surface area contributed by atoms with E-state index in [4.69, 9.17) is 47.7 Å². The van der Waals surface area contributed by atoms with E-state index < -0.39 is 18.3 Å². The van der Waals surface area contributed by atoms with Crippen LogP contribution in [0, 0.1) is 0 Å². The van der Waals surface area contributed by atoms with E-state index in [0.29, 0.717) is 36.2 Å². The molecule has 2 saturated heterocycles. The zero-order valence-electron chi connectivity index (χ0n) is 42.3. The molecule has 8 rings (SSSR count). The molecule has 2 heterocycles. The van der Waals surface area contributed by atoms with Crippen LogP contribution in [0.25, 0.3) is 0 Å². The topological polar surface area (TPSA) is 150 Å². The van der Waals surface area contributed by atoms with E-state index >= 15 is 0 Å². The average Bonchev–Trinajstić information content (AvgIpc) is 4.36. The molecule has 12 heteroatoms. The molecule has 3 N–H and O–H groups in total. The summed E-state index contributed by atoms with van der Waals surface area (Å²) in [4.78, 5) is 0. The number of hydrogen-bond acceptors (Lipinski definition) is 12. The van der Waals surface area contributed by atoms with E-state index in [0.717, 1.165) is 58.1 Å². The number of aliphatic hydroxyl groups excluding tert-OH is 3. The molecule has 6 aromatic carbocycles. The SMILES string of the molecule is CC(C)(c1ccc(OCC(O)CO)cc1)c1ccc(OCC(COc2ccc(C(C)(C)c3ccc(OCC4CO4)cc3)cc2)OCC(O)COc2ccc(C(C)(C)c3ccc(OCC4CO4)cc3)cc2)cc1. The van der Waals surface area contributed by atoms with Crippen LogP contribution in [0.2, 0.25) is 0 Å². The Kier molecular flexibility index (Phi) is 17.1. The second kappa shape index (κ2) is 23.6. The van der Waals surface area contributed by atoms with Crippen molar-refractivity contribution in [2.24, 2.45) is 0 Å². The maximum absolute atomic E-state index is 11.1. The van der Waals surface area contributed by atoms with Gasteiger partial charge >= 0.3 is 0 Å². The number of aliphatic hydroxyl groups is 3. The minimum atomic E-state index is -0.930. The van der Waals surface area contributed by atoms with Gasteiger partial charge in [-0.05, 0) is 106 Å². The predicted molar refractivity (Wildman–Crippen MR) is 276 cm³/mol. The Hall–Kier alpha value is -6.12. The lowest BCUT2D eigenvalue weighted by atomic mass is 9.78. The quantitative estimate of drug-likeness (QED) is 0.0403. The normalized spacial score (nSPS) is 16.8. The molecule has 6 aromatic rings. The van der Waals surface area contributed by atoms with Gasteiger partial charge in [0.1, 0.15) is 105 Å². The molecule has 0 aliphatic carbocycles. The highest BCUT2D eigenvalue weighted by Crippen LogP contribution is 2.36. The lowest BCUT2D eigenvalue weighted by molar-refractivity contribution is -0.0538. The first-order valence-corrected chi connectivity index (χ1v) is 24.9. The first-order valence-electron chi connectivity index (χ1n) is 24.9. The zero-order chi connectivity index (χ0) is 50.7. The van der Waals surface area contributed by atoms with Crippen LogP contribution in [0.4, 0.5) is 0 Å². The minimum Gasteiger partial charge on any atom is -0.491 e. The van der Waals surface area contributed by atoms with Crippen LogP contribution in [-0.2, 0) is 30.5 Å². The highest BCUT2D eigenvalue weighted by molar-refractivity contribution is 5.45. The van der Waals surface area contributed by atoms with Crippen LogP contribution in [-0.4, -0.2) is 112 Å². The highest BCUT2D eigenvalue weighted by atomic mass is 16.6. The Balaban J connectivity index is 0.869. The van der Waals surface area contributed by atoms with Gasteiger partial charge in [0.2, 0.25) is 0 Å². The molecular weight excluding hydrogens is 913 g/mol. The summed E-state index contributed by atoms with van der Waals surface area (Å²) in [5.74, 6) is 4.27. The van der Waals surface area contributed by atoms with Crippen molar-refractivity contribution < 1.29 is 58.0 Å². The van der Waals surface area contributed by atoms with Gasteiger partial charge in [-0.15, -0.1) is 0 Å². The van der Waals surface area contributed by atoms with E-state index in [2.05, 4.69) is 90.1 Å². The molecule has 0 radical (unpaired) electrons. The summed E-state index contributed by atoms with van der Waals surface area (Å²) in [7, 11) is 0. The van der Waals surface area contributed by atoms with Gasteiger partial charge in [0, 0.05) is 16.2 Å². The number of epoxide rings is 2. The third-order valence-electron chi connectivity index (χ3n) is 13.6. The molecule has 0 saturated carbocycles. The average molecular weight is 983 g/mol. The van der Waals surface area contributed by atoms with Crippen LogP contribution in [0.1, 0.15) is 74.9 Å². The van der Waals surface area contributed by atoms with E-state index in [1.54, 1.807) is 0 Å². The van der Waals surface area contributed by atoms with Crippen LogP contribution in [0.15, 0.2) is 146 Å². The standard InChI is InChI=1S/C60H70O12/c1-58(2,41-7-19-49(20-8-41)64-32-47(62)31-61)43-11-23-51(24-12-43)67-35-55(36-68-52-25-13-45(14-26-52)60(5,6)46-17-29-54(30-18-46)70-38-57-40-72-57)66-34-48(63)33-65-50-21-9-42(10-22-50)59(3,4)44-15-27-53(28-16-44)69-37-56-39-71-56/h7-30,47-48,55-57,61-63H,31-40H2,1-6H3. The summed E-state index contributed by atoms with van der Waals surface area (Å²) in [5.41, 5.74) is 5.91. The van der Waals surface area contributed by atoms with Gasteiger partial charge in [0.15, 0.2) is 0 Å². The van der Waals surface area contributed by atoms with Gasteiger partial charge in [-0.3, -0.25) is 0 Å². The van der Waals surface area contributed by atoms with E-state index in [1.807, 2.05) is 97.1 Å². The minimum absolute atomic E-state index is 0.000180. The van der Waals surface area contributed by atoms with Crippen LogP contribution < -0.4 is 28.4 Å². The fourth-order valence-electron chi connectivity index (χ4n) is 8.27. The summed E-state index contributed by atoms with van der Waals surface area (Å²) in [5, 5.41) is 29.9. The summed E-state index contributed by atoms with van der Waals surface area (Å²) in [6.07, 6.45) is -1.96. The third-order valence-corrected chi connectivity index (χ3v) is 13.6. The summed E-state index contributed by atoms with van der Waals surface area (Å²) < 4.78 is 52.8. The Morgan fingerprint density at radius 2 is 0.639 bits per heavy atom. The Labute approximate surface area is 424 Å². The molecule has 2 aliphatic rings. The molecule has 72 heavy (non-hydrogen) atoms. The van der Waals surface area contributed by atoms with E-state index in [9.17, 15) is 10.2 Å². The lowest BCUT2D eigenvalue weighted by Gasteiger charge is -2.27. The molecule has 5 unspecified atom stereocenters. The molecule has 5 atom stereocenters. The predicted octanol–water partition coefficient (Wildman–Crippen LogP) is 9.23. The van der Waals surface area contributed by atoms with Crippen LogP contribution >= 0.6 is 0 Å². The van der Waals surface area contributed by atoms with E-state index in [-0.39, 0.29) is 68.1 Å². The van der Waals surface area contributed by atoms with Gasteiger partial charge < -0.3 is 58.0 Å². The molecule has 12 nitrogen and oxygen atoms in total. The van der Waals surface area contributed by atoms with Crippen molar-refractivity contribution in [2.45, 2.75) is 88.3 Å². The highest BCUT2D eigenvalue weighted by Gasteiger charge is 2.28. The first kappa shape index (κ1) is 52.2. The number of benzene rings is 6. The van der Waals surface area contributed by atoms with Crippen molar-refractivity contribution in [3.8, 4) is 34.5 Å².